The van der Waals surface area contributed by atoms with Crippen LogP contribution in [0.25, 0.3) is 0 Å². The number of aliphatic hydroxyl groups is 2. The van der Waals surface area contributed by atoms with Crippen molar-refractivity contribution >= 4 is 55.0 Å². The Morgan fingerprint density at radius 1 is 0.700 bits per heavy atom. The Morgan fingerprint density at radius 2 is 1.07 bits per heavy atom. The average Bonchev–Trinajstić information content (AvgIpc) is 2.90. The average molecular weight is 678 g/mol. The van der Waals surface area contributed by atoms with Crippen LogP contribution in [0.4, 0.5) is 0 Å². The van der Waals surface area contributed by atoms with E-state index in [1.165, 1.54) is 11.1 Å². The van der Waals surface area contributed by atoms with Crippen LogP contribution >= 0.6 is 31.9 Å². The van der Waals surface area contributed by atoms with E-state index in [0.717, 1.165) is 45.2 Å². The van der Waals surface area contributed by atoms with Crippen molar-refractivity contribution in [3.63, 3.8) is 0 Å². The second kappa shape index (κ2) is 22.8. The van der Waals surface area contributed by atoms with Crippen LogP contribution in [-0.2, 0) is 6.61 Å². The van der Waals surface area contributed by atoms with Gasteiger partial charge in [-0.2, -0.15) is 0 Å². The third-order valence-electron chi connectivity index (χ3n) is 4.80. The zero-order chi connectivity index (χ0) is 26.5. The van der Waals surface area contributed by atoms with Crippen LogP contribution in [0.2, 0.25) is 0 Å². The van der Waals surface area contributed by atoms with Crippen LogP contribution in [0.5, 0.6) is 23.0 Å². The van der Waals surface area contributed by atoms with Gasteiger partial charge >= 0.3 is 29.6 Å². The second-order valence-electron chi connectivity index (χ2n) is 7.54. The summed E-state index contributed by atoms with van der Waals surface area (Å²) in [5, 5.41) is 16.2. The van der Waals surface area contributed by atoms with Crippen molar-refractivity contribution in [1.29, 1.82) is 0 Å². The maximum Gasteiger partial charge on any atom is 1.00 e. The first kappa shape index (κ1) is 42.6. The summed E-state index contributed by atoms with van der Waals surface area (Å²) in [4.78, 5) is 10.8. The Bertz CT molecular complexity index is 1260. The number of carbonyl (C=O) groups excluding carboxylic acids is 1. The van der Waals surface area contributed by atoms with Gasteiger partial charge in [-0.1, -0.05) is 74.7 Å². The van der Waals surface area contributed by atoms with Gasteiger partial charge in [0.2, 0.25) is 0 Å². The molecule has 4 aromatic rings. The summed E-state index contributed by atoms with van der Waals surface area (Å²) in [7, 11) is 1.00. The Balaban J connectivity index is -0.000000282. The van der Waals surface area contributed by atoms with E-state index >= 15 is 0 Å². The SMILES string of the molecule is C.CO.Cc1ccc(Oc2ccc(Br)c(C=O)c2)cc1.Cc1ccc(Oc2ccc(Br)c(CO)c2)cc1.[B].[B].[H-].[Na+]. The molecule has 0 saturated heterocycles. The first-order chi connectivity index (χ1) is 17.4. The summed E-state index contributed by atoms with van der Waals surface area (Å²) in [6, 6.07) is 26.5. The van der Waals surface area contributed by atoms with E-state index in [9.17, 15) is 4.79 Å². The van der Waals surface area contributed by atoms with E-state index in [-0.39, 0.29) is 61.8 Å². The molecule has 0 aliphatic heterocycles. The predicted molar refractivity (Wildman–Crippen MR) is 170 cm³/mol. The summed E-state index contributed by atoms with van der Waals surface area (Å²) in [6.45, 7) is 4.05. The number of halogens is 2. The van der Waals surface area contributed by atoms with Gasteiger partial charge in [0.05, 0.1) is 6.61 Å². The van der Waals surface area contributed by atoms with Crippen molar-refractivity contribution in [2.45, 2.75) is 27.9 Å². The minimum atomic E-state index is -0.00825. The van der Waals surface area contributed by atoms with E-state index < -0.39 is 0 Å². The number of aldehydes is 1. The molecule has 0 atom stereocenters. The number of rotatable bonds is 6. The van der Waals surface area contributed by atoms with E-state index in [0.29, 0.717) is 11.3 Å². The molecule has 4 rings (SSSR count). The molecule has 0 aliphatic carbocycles. The predicted octanol–water partition coefficient (Wildman–Crippen LogP) is 5.00. The Labute approximate surface area is 282 Å². The summed E-state index contributed by atoms with van der Waals surface area (Å²) in [6.07, 6.45) is 0.798. The summed E-state index contributed by atoms with van der Waals surface area (Å²) < 4.78 is 13.0. The molecule has 2 N–H and O–H groups in total. The first-order valence-corrected chi connectivity index (χ1v) is 12.5. The van der Waals surface area contributed by atoms with Crippen LogP contribution in [0.3, 0.4) is 0 Å². The van der Waals surface area contributed by atoms with Gasteiger partial charge < -0.3 is 21.1 Å². The molecule has 4 aromatic carbocycles. The number of aryl methyl sites for hydroxylation is 2. The number of benzene rings is 4. The molecule has 0 unspecified atom stereocenters. The number of hydrogen-bond donors (Lipinski definition) is 2. The topological polar surface area (TPSA) is 76.0 Å². The Hall–Kier alpha value is -1.84. The Morgan fingerprint density at radius 3 is 1.48 bits per heavy atom. The summed E-state index contributed by atoms with van der Waals surface area (Å²) in [5.41, 5.74) is 3.77. The molecular weight excluding hydrogens is 645 g/mol. The molecular formula is C30H33B2Br2NaO5. The molecule has 204 valence electrons. The standard InChI is InChI=1S/C14H13BrO2.C14H11BrO2.CH4O.CH4.2B.Na.H/c2*1-10-2-4-12(5-3-10)17-13-6-7-14(15)11(8-13)9-16;1-2;;;;;/h2-8,16H,9H2,1H3;2-9H,1H3;2H,1H3;1H4;;;;/q;;;;;;+1;-1. The number of carbonyl (C=O) groups is 1. The van der Waals surface area contributed by atoms with Gasteiger partial charge in [0.25, 0.3) is 0 Å². The molecule has 0 aliphatic rings. The van der Waals surface area contributed by atoms with Gasteiger partial charge in [-0.15, -0.1) is 0 Å². The third kappa shape index (κ3) is 14.2. The van der Waals surface area contributed by atoms with Crippen molar-refractivity contribution in [2.24, 2.45) is 0 Å². The van der Waals surface area contributed by atoms with Crippen LogP contribution in [-0.4, -0.2) is 40.4 Å². The maximum absolute atomic E-state index is 10.8. The van der Waals surface area contributed by atoms with Gasteiger partial charge in [-0.3, -0.25) is 4.79 Å². The molecule has 5 nitrogen and oxygen atoms in total. The van der Waals surface area contributed by atoms with Crippen molar-refractivity contribution < 1.29 is 55.5 Å². The molecule has 0 saturated carbocycles. The van der Waals surface area contributed by atoms with Gasteiger partial charge in [0.1, 0.15) is 23.0 Å². The Kier molecular flexibility index (Phi) is 24.3. The normalized spacial score (nSPS) is 8.78. The van der Waals surface area contributed by atoms with Gasteiger partial charge in [0.15, 0.2) is 6.29 Å². The molecule has 0 bridgehead atoms. The zero-order valence-electron chi connectivity index (χ0n) is 23.4. The molecule has 0 fully saturated rings. The molecule has 10 heteroatoms. The minimum Gasteiger partial charge on any atom is -1.00 e. The van der Waals surface area contributed by atoms with Crippen LogP contribution in [0, 0.1) is 13.8 Å². The minimum absolute atomic E-state index is 0. The molecule has 0 amide bonds. The summed E-state index contributed by atoms with van der Waals surface area (Å²) in [5.74, 6) is 2.93. The van der Waals surface area contributed by atoms with Gasteiger partial charge in [-0.25, -0.2) is 0 Å². The van der Waals surface area contributed by atoms with E-state index in [4.69, 9.17) is 19.7 Å². The second-order valence-corrected chi connectivity index (χ2v) is 9.25. The van der Waals surface area contributed by atoms with Crippen molar-refractivity contribution in [3.8, 4) is 23.0 Å². The first-order valence-electron chi connectivity index (χ1n) is 11.0. The van der Waals surface area contributed by atoms with E-state index in [1.54, 1.807) is 12.1 Å². The smallest absolute Gasteiger partial charge is 1.00 e. The van der Waals surface area contributed by atoms with Gasteiger partial charge in [0, 0.05) is 38.4 Å². The maximum atomic E-state index is 10.8. The fourth-order valence-corrected chi connectivity index (χ4v) is 3.61. The molecule has 0 heterocycles. The molecule has 0 aromatic heterocycles. The van der Waals surface area contributed by atoms with Crippen LogP contribution in [0.15, 0.2) is 93.9 Å². The van der Waals surface area contributed by atoms with Crippen molar-refractivity contribution in [3.05, 3.63) is 116 Å². The quantitative estimate of drug-likeness (QED) is 0.222. The van der Waals surface area contributed by atoms with Crippen LogP contribution < -0.4 is 39.0 Å². The monoisotopic (exact) mass is 676 g/mol. The number of ether oxygens (including phenoxy) is 2. The van der Waals surface area contributed by atoms with Gasteiger partial charge in [-0.05, 0) is 80.1 Å². The zero-order valence-corrected chi connectivity index (χ0v) is 27.6. The molecule has 40 heavy (non-hydrogen) atoms. The fraction of sp³-hybridized carbons (Fsp3) is 0.167. The van der Waals surface area contributed by atoms with Crippen LogP contribution in [0.1, 0.15) is 35.9 Å². The van der Waals surface area contributed by atoms with E-state index in [1.807, 2.05) is 86.6 Å². The van der Waals surface area contributed by atoms with E-state index in [2.05, 4.69) is 31.9 Å². The largest absolute Gasteiger partial charge is 1.00 e. The number of aliphatic hydroxyl groups excluding tert-OH is 2. The molecule has 0 spiro atoms. The van der Waals surface area contributed by atoms with Crippen molar-refractivity contribution in [1.82, 2.24) is 0 Å². The number of hydrogen-bond acceptors (Lipinski definition) is 5. The fourth-order valence-electron chi connectivity index (χ4n) is 2.90. The third-order valence-corrected chi connectivity index (χ3v) is 6.29. The molecule has 6 radical (unpaired) electrons. The summed E-state index contributed by atoms with van der Waals surface area (Å²) >= 11 is 6.67. The van der Waals surface area contributed by atoms with Crippen molar-refractivity contribution in [2.75, 3.05) is 7.11 Å².